The molecule has 1 fully saturated rings. The van der Waals surface area contributed by atoms with Gasteiger partial charge in [-0.05, 0) is 46.2 Å². The quantitative estimate of drug-likeness (QED) is 0.864. The molecule has 0 radical (unpaired) electrons. The van der Waals surface area contributed by atoms with Crippen molar-refractivity contribution in [3.63, 3.8) is 0 Å². The average Bonchev–Trinajstić information content (AvgIpc) is 2.43. The Bertz CT molecular complexity index is 544. The fourth-order valence-electron chi connectivity index (χ4n) is 2.08. The fraction of sp³-hybridized carbons (Fsp3) is 0.667. The van der Waals surface area contributed by atoms with Crippen LogP contribution >= 0.6 is 27.7 Å². The molecular weight excluding hydrogens is 371 g/mol. The van der Waals surface area contributed by atoms with Crippen LogP contribution in [0.4, 0.5) is 18.9 Å². The Morgan fingerprint density at radius 2 is 2.10 bits per heavy atom. The summed E-state index contributed by atoms with van der Waals surface area (Å²) in [5, 5.41) is 6.68. The first-order valence-corrected chi connectivity index (χ1v) is 8.45. The van der Waals surface area contributed by atoms with Crippen LogP contribution in [0.25, 0.3) is 0 Å². The third-order valence-electron chi connectivity index (χ3n) is 3.24. The molecule has 2 rings (SSSR count). The van der Waals surface area contributed by atoms with Crippen LogP contribution < -0.4 is 10.9 Å². The molecule has 0 aromatic carbocycles. The number of halogens is 4. The van der Waals surface area contributed by atoms with Crippen molar-refractivity contribution < 1.29 is 13.2 Å². The smallest absolute Gasteiger partial charge is 0.382 e. The van der Waals surface area contributed by atoms with Crippen molar-refractivity contribution in [2.75, 3.05) is 23.4 Å². The second kappa shape index (κ2) is 7.04. The predicted octanol–water partition coefficient (Wildman–Crippen LogP) is 3.12. The number of hydrogen-bond donors (Lipinski definition) is 1. The van der Waals surface area contributed by atoms with Crippen LogP contribution in [0.15, 0.2) is 15.5 Å². The van der Waals surface area contributed by atoms with E-state index in [1.807, 2.05) is 11.8 Å². The molecule has 118 valence electrons. The molecule has 1 aliphatic rings. The number of hydrogen-bond acceptors (Lipinski definition) is 4. The van der Waals surface area contributed by atoms with E-state index in [-0.39, 0.29) is 4.47 Å². The van der Waals surface area contributed by atoms with Gasteiger partial charge in [0.15, 0.2) is 0 Å². The lowest BCUT2D eigenvalue weighted by Gasteiger charge is -2.22. The van der Waals surface area contributed by atoms with E-state index in [1.54, 1.807) is 0 Å². The molecule has 21 heavy (non-hydrogen) atoms. The zero-order chi connectivity index (χ0) is 15.5. The number of alkyl halides is 3. The maximum Gasteiger partial charge on any atom is 0.408 e. The second-order valence-electron chi connectivity index (χ2n) is 4.89. The van der Waals surface area contributed by atoms with Crippen LogP contribution in [0, 0.1) is 5.92 Å². The minimum absolute atomic E-state index is 0.0898. The average molecular weight is 386 g/mol. The monoisotopic (exact) mass is 385 g/mol. The van der Waals surface area contributed by atoms with Gasteiger partial charge in [0.2, 0.25) is 0 Å². The van der Waals surface area contributed by atoms with Gasteiger partial charge in [0.1, 0.15) is 11.0 Å². The highest BCUT2D eigenvalue weighted by Crippen LogP contribution is 2.24. The van der Waals surface area contributed by atoms with Gasteiger partial charge in [0.25, 0.3) is 5.56 Å². The normalized spacial score (nSPS) is 17.0. The van der Waals surface area contributed by atoms with Gasteiger partial charge in [-0.15, -0.1) is 0 Å². The number of nitrogens with one attached hydrogen (secondary N) is 1. The molecule has 0 amide bonds. The summed E-state index contributed by atoms with van der Waals surface area (Å²) in [4.78, 5) is 11.8. The zero-order valence-electron chi connectivity index (χ0n) is 11.1. The van der Waals surface area contributed by atoms with Crippen LogP contribution in [0.2, 0.25) is 0 Å². The zero-order valence-corrected chi connectivity index (χ0v) is 13.5. The molecule has 0 atom stereocenters. The summed E-state index contributed by atoms with van der Waals surface area (Å²) in [6.45, 7) is -0.686. The van der Waals surface area contributed by atoms with E-state index >= 15 is 0 Å². The van der Waals surface area contributed by atoms with Crippen molar-refractivity contribution in [2.24, 2.45) is 5.92 Å². The van der Waals surface area contributed by atoms with E-state index in [9.17, 15) is 18.0 Å². The summed E-state index contributed by atoms with van der Waals surface area (Å²) >= 11 is 4.98. The molecular formula is C12H15BrF3N3OS. The number of anilines is 1. The van der Waals surface area contributed by atoms with Crippen molar-refractivity contribution in [3.05, 3.63) is 21.0 Å². The summed E-state index contributed by atoms with van der Waals surface area (Å²) in [6, 6.07) is 0. The molecule has 1 aromatic rings. The van der Waals surface area contributed by atoms with Crippen molar-refractivity contribution >= 4 is 33.4 Å². The molecule has 1 saturated heterocycles. The summed E-state index contributed by atoms with van der Waals surface area (Å²) in [7, 11) is 0. The van der Waals surface area contributed by atoms with Crippen molar-refractivity contribution in [2.45, 2.75) is 25.6 Å². The molecule has 0 aliphatic carbocycles. The molecule has 1 N–H and O–H groups in total. The van der Waals surface area contributed by atoms with Gasteiger partial charge < -0.3 is 5.32 Å². The summed E-state index contributed by atoms with van der Waals surface area (Å²) < 4.78 is 37.4. The second-order valence-corrected chi connectivity index (χ2v) is 6.90. The van der Waals surface area contributed by atoms with E-state index in [4.69, 9.17) is 0 Å². The third kappa shape index (κ3) is 4.91. The van der Waals surface area contributed by atoms with Gasteiger partial charge in [0.05, 0.1) is 11.9 Å². The van der Waals surface area contributed by atoms with Crippen molar-refractivity contribution in [1.29, 1.82) is 0 Å². The highest BCUT2D eigenvalue weighted by molar-refractivity contribution is 9.10. The van der Waals surface area contributed by atoms with Gasteiger partial charge in [0, 0.05) is 6.54 Å². The van der Waals surface area contributed by atoms with Crippen LogP contribution in [0.3, 0.4) is 0 Å². The van der Waals surface area contributed by atoms with Crippen molar-refractivity contribution in [1.82, 2.24) is 9.78 Å². The van der Waals surface area contributed by atoms with E-state index in [2.05, 4.69) is 26.3 Å². The van der Waals surface area contributed by atoms with Gasteiger partial charge in [-0.1, -0.05) is 0 Å². The summed E-state index contributed by atoms with van der Waals surface area (Å²) in [6.07, 6.45) is -0.999. The Balaban J connectivity index is 2.04. The molecule has 2 heterocycles. The van der Waals surface area contributed by atoms with E-state index in [0.717, 1.165) is 24.3 Å². The van der Waals surface area contributed by atoms with Gasteiger partial charge in [-0.3, -0.25) is 4.79 Å². The first-order chi connectivity index (χ1) is 9.87. The molecule has 0 saturated carbocycles. The highest BCUT2D eigenvalue weighted by Gasteiger charge is 2.29. The maximum absolute atomic E-state index is 12.3. The SMILES string of the molecule is O=c1c(Br)c(NCC2CCSCC2)cnn1CC(F)(F)F. The van der Waals surface area contributed by atoms with Crippen LogP contribution in [-0.2, 0) is 6.54 Å². The summed E-state index contributed by atoms with van der Waals surface area (Å²) in [5.74, 6) is 2.77. The van der Waals surface area contributed by atoms with Crippen LogP contribution in [-0.4, -0.2) is 34.0 Å². The molecule has 4 nitrogen and oxygen atoms in total. The molecule has 0 bridgehead atoms. The minimum atomic E-state index is -4.47. The Morgan fingerprint density at radius 3 is 2.71 bits per heavy atom. The molecule has 1 aromatic heterocycles. The Morgan fingerprint density at radius 1 is 1.43 bits per heavy atom. The molecule has 0 unspecified atom stereocenters. The molecule has 1 aliphatic heterocycles. The first kappa shape index (κ1) is 16.7. The van der Waals surface area contributed by atoms with Crippen LogP contribution in [0.1, 0.15) is 12.8 Å². The summed E-state index contributed by atoms with van der Waals surface area (Å²) in [5.41, 5.74) is -0.340. The van der Waals surface area contributed by atoms with Crippen molar-refractivity contribution in [3.8, 4) is 0 Å². The minimum Gasteiger partial charge on any atom is -0.382 e. The van der Waals surface area contributed by atoms with Crippen LogP contribution in [0.5, 0.6) is 0 Å². The predicted molar refractivity (Wildman–Crippen MR) is 80.8 cm³/mol. The third-order valence-corrected chi connectivity index (χ3v) is 5.05. The Labute approximate surface area is 132 Å². The van der Waals surface area contributed by atoms with E-state index < -0.39 is 18.3 Å². The van der Waals surface area contributed by atoms with Gasteiger partial charge in [-0.25, -0.2) is 4.68 Å². The van der Waals surface area contributed by atoms with Gasteiger partial charge >= 0.3 is 6.18 Å². The molecule has 9 heteroatoms. The number of aromatic nitrogens is 2. The maximum atomic E-state index is 12.3. The Kier molecular flexibility index (Phi) is 5.59. The molecule has 0 spiro atoms. The first-order valence-electron chi connectivity index (χ1n) is 6.51. The fourth-order valence-corrected chi connectivity index (χ4v) is 3.73. The highest BCUT2D eigenvalue weighted by atomic mass is 79.9. The topological polar surface area (TPSA) is 46.9 Å². The Hall–Kier alpha value is -0.700. The standard InChI is InChI=1S/C12H15BrF3N3OS/c13-10-9(17-5-8-1-3-21-4-2-8)6-18-19(11(10)20)7-12(14,15)16/h6,8,17H,1-5,7H2. The lowest BCUT2D eigenvalue weighted by molar-refractivity contribution is -0.143. The lowest BCUT2D eigenvalue weighted by Crippen LogP contribution is -2.31. The number of rotatable bonds is 4. The van der Waals surface area contributed by atoms with E-state index in [0.29, 0.717) is 22.8 Å². The number of thioether (sulfide) groups is 1. The van der Waals surface area contributed by atoms with Gasteiger partial charge in [-0.2, -0.15) is 30.0 Å². The number of nitrogens with zero attached hydrogens (tertiary/aromatic N) is 2. The largest absolute Gasteiger partial charge is 0.408 e. The van der Waals surface area contributed by atoms with E-state index in [1.165, 1.54) is 6.20 Å². The lowest BCUT2D eigenvalue weighted by atomic mass is 10.0.